The van der Waals surface area contributed by atoms with Crippen LogP contribution >= 0.6 is 0 Å². The number of nitrogens with zero attached hydrogens (tertiary/aromatic N) is 4. The van der Waals surface area contributed by atoms with Crippen LogP contribution in [0, 0.1) is 0 Å². The van der Waals surface area contributed by atoms with E-state index in [1.165, 1.54) is 82.2 Å². The number of anilines is 5. The van der Waals surface area contributed by atoms with Gasteiger partial charge >= 0.3 is 0 Å². The molecule has 0 fully saturated rings. The third-order valence-electron chi connectivity index (χ3n) is 13.6. The first-order valence-electron chi connectivity index (χ1n) is 22.9. The maximum absolute atomic E-state index is 2.48. The Hall–Kier alpha value is -8.60. The fraction of sp³-hybridized carbons (Fsp3) is 0.0323. The molecule has 66 heavy (non-hydrogen) atoms. The SMILES string of the molecule is C1=C(N(c2ccc(N(c3ccc(-n4c5ccccc5c5ccccc54)cc3)c3cccc4ccccc34)cc2)c2cccc3ccccc23)CCC(n2c3ccccc3c3ccccc32)=C1. The number of hydrogen-bond donors (Lipinski definition) is 0. The predicted octanol–water partition coefficient (Wildman–Crippen LogP) is 17.0. The Kier molecular flexibility index (Phi) is 8.95. The third-order valence-corrected chi connectivity index (χ3v) is 13.6. The average molecular weight is 845 g/mol. The van der Waals surface area contributed by atoms with Crippen LogP contribution in [-0.2, 0) is 0 Å². The molecule has 2 aromatic heterocycles. The maximum atomic E-state index is 2.48. The van der Waals surface area contributed by atoms with Crippen LogP contribution < -0.4 is 9.80 Å². The molecular weight excluding hydrogens is 801 g/mol. The molecular formula is C62H44N4. The van der Waals surface area contributed by atoms with Gasteiger partial charge in [0.2, 0.25) is 0 Å². The molecule has 0 saturated heterocycles. The molecule has 0 unspecified atom stereocenters. The second-order valence-electron chi connectivity index (χ2n) is 17.3. The number of aromatic nitrogens is 2. The van der Waals surface area contributed by atoms with Gasteiger partial charge < -0.3 is 18.9 Å². The van der Waals surface area contributed by atoms with Crippen LogP contribution in [0.2, 0.25) is 0 Å². The normalized spacial score (nSPS) is 12.9. The fourth-order valence-corrected chi connectivity index (χ4v) is 10.6. The summed E-state index contributed by atoms with van der Waals surface area (Å²) in [7, 11) is 0. The van der Waals surface area contributed by atoms with E-state index in [1.54, 1.807) is 0 Å². The van der Waals surface area contributed by atoms with Crippen LogP contribution in [0.1, 0.15) is 12.8 Å². The van der Waals surface area contributed by atoms with Crippen molar-refractivity contribution < 1.29 is 0 Å². The van der Waals surface area contributed by atoms with Crippen molar-refractivity contribution in [3.63, 3.8) is 0 Å². The summed E-state index contributed by atoms with van der Waals surface area (Å²) in [5.41, 5.74) is 14.2. The predicted molar refractivity (Wildman–Crippen MR) is 280 cm³/mol. The summed E-state index contributed by atoms with van der Waals surface area (Å²) in [6, 6.07) is 84.0. The van der Waals surface area contributed by atoms with Gasteiger partial charge in [0.15, 0.2) is 0 Å². The summed E-state index contributed by atoms with van der Waals surface area (Å²) in [6.07, 6.45) is 6.49. The number of rotatable bonds is 8. The van der Waals surface area contributed by atoms with Gasteiger partial charge in [-0.25, -0.2) is 0 Å². The highest BCUT2D eigenvalue weighted by Gasteiger charge is 2.23. The van der Waals surface area contributed by atoms with Crippen LogP contribution in [0.25, 0.3) is 76.5 Å². The Bertz CT molecular complexity index is 3770. The lowest BCUT2D eigenvalue weighted by atomic mass is 10.0. The average Bonchev–Trinajstić information content (AvgIpc) is 3.91. The Morgan fingerprint density at radius 3 is 1.14 bits per heavy atom. The first-order chi connectivity index (χ1) is 32.8. The lowest BCUT2D eigenvalue weighted by Gasteiger charge is -2.32. The van der Waals surface area contributed by atoms with Crippen molar-refractivity contribution in [1.82, 2.24) is 9.13 Å². The van der Waals surface area contributed by atoms with Crippen LogP contribution in [0.15, 0.2) is 248 Å². The minimum atomic E-state index is 0.887. The Balaban J connectivity index is 0.935. The van der Waals surface area contributed by atoms with Crippen molar-refractivity contribution in [3.05, 3.63) is 248 Å². The molecule has 0 atom stereocenters. The van der Waals surface area contributed by atoms with E-state index in [1.807, 2.05) is 0 Å². The molecule has 0 aliphatic heterocycles. The van der Waals surface area contributed by atoms with Crippen LogP contribution in [0.5, 0.6) is 0 Å². The zero-order valence-corrected chi connectivity index (χ0v) is 36.3. The van der Waals surface area contributed by atoms with Gasteiger partial charge in [0.1, 0.15) is 0 Å². The molecule has 0 spiro atoms. The molecule has 1 aliphatic rings. The van der Waals surface area contributed by atoms with Crippen LogP contribution in [0.3, 0.4) is 0 Å². The van der Waals surface area contributed by atoms with Gasteiger partial charge in [-0.15, -0.1) is 0 Å². The monoisotopic (exact) mass is 844 g/mol. The smallest absolute Gasteiger partial charge is 0.0541 e. The van der Waals surface area contributed by atoms with Crippen molar-refractivity contribution in [2.24, 2.45) is 0 Å². The van der Waals surface area contributed by atoms with Gasteiger partial charge in [0, 0.05) is 66.5 Å². The number of benzene rings is 10. The van der Waals surface area contributed by atoms with Gasteiger partial charge in [-0.05, 0) is 121 Å². The van der Waals surface area contributed by atoms with Crippen LogP contribution in [-0.4, -0.2) is 9.13 Å². The van der Waals surface area contributed by atoms with E-state index in [9.17, 15) is 0 Å². The van der Waals surface area contributed by atoms with E-state index in [4.69, 9.17) is 0 Å². The number of para-hydroxylation sites is 4. The molecule has 12 aromatic rings. The molecule has 0 radical (unpaired) electrons. The van der Waals surface area contributed by atoms with Crippen molar-refractivity contribution in [1.29, 1.82) is 0 Å². The summed E-state index contributed by atoms with van der Waals surface area (Å²) in [5.74, 6) is 0. The van der Waals surface area contributed by atoms with E-state index in [2.05, 4.69) is 262 Å². The Morgan fingerprint density at radius 2 is 0.667 bits per heavy atom. The summed E-state index contributed by atoms with van der Waals surface area (Å²) in [6.45, 7) is 0. The lowest BCUT2D eigenvalue weighted by Crippen LogP contribution is -2.19. The Morgan fingerprint density at radius 1 is 0.288 bits per heavy atom. The first-order valence-corrected chi connectivity index (χ1v) is 22.9. The number of allylic oxidation sites excluding steroid dienone is 4. The van der Waals surface area contributed by atoms with E-state index >= 15 is 0 Å². The molecule has 0 saturated carbocycles. The quantitative estimate of drug-likeness (QED) is 0.151. The topological polar surface area (TPSA) is 16.3 Å². The van der Waals surface area contributed by atoms with E-state index < -0.39 is 0 Å². The minimum Gasteiger partial charge on any atom is -0.314 e. The molecule has 0 bridgehead atoms. The standard InChI is InChI=1S/C62H44N4/c1-3-19-51-43(15-1)17-13-29-57(51)63(47-35-39-49(40-36-47)65-59-25-9-5-21-53(59)54-22-6-10-26-60(54)65)45-31-33-46(34-32-45)64(58-30-14-18-44-16-2-4-20-52(44)58)48-37-41-50(42-38-48)66-61-27-11-7-23-55(61)56-24-8-12-28-62(56)66/h1-37,39-41H,38,42H2. The van der Waals surface area contributed by atoms with Crippen molar-refractivity contribution >= 4 is 99.3 Å². The van der Waals surface area contributed by atoms with E-state index in [0.717, 1.165) is 41.3 Å². The molecule has 13 rings (SSSR count). The van der Waals surface area contributed by atoms with Gasteiger partial charge in [-0.1, -0.05) is 146 Å². The zero-order valence-electron chi connectivity index (χ0n) is 36.3. The summed E-state index contributed by atoms with van der Waals surface area (Å²) in [5, 5.41) is 9.95. The van der Waals surface area contributed by atoms with Crippen molar-refractivity contribution in [3.8, 4) is 5.69 Å². The van der Waals surface area contributed by atoms with Gasteiger partial charge in [-0.3, -0.25) is 0 Å². The van der Waals surface area contributed by atoms with E-state index in [0.29, 0.717) is 0 Å². The van der Waals surface area contributed by atoms with Gasteiger partial charge in [-0.2, -0.15) is 0 Å². The van der Waals surface area contributed by atoms with Crippen molar-refractivity contribution in [2.75, 3.05) is 9.80 Å². The highest BCUT2D eigenvalue weighted by molar-refractivity contribution is 6.11. The minimum absolute atomic E-state index is 0.887. The lowest BCUT2D eigenvalue weighted by molar-refractivity contribution is 0.896. The van der Waals surface area contributed by atoms with Gasteiger partial charge in [0.05, 0.1) is 33.4 Å². The highest BCUT2D eigenvalue weighted by Crippen LogP contribution is 2.44. The van der Waals surface area contributed by atoms with Gasteiger partial charge in [0.25, 0.3) is 0 Å². The summed E-state index contributed by atoms with van der Waals surface area (Å²) < 4.78 is 4.85. The first kappa shape index (κ1) is 37.9. The molecule has 10 aromatic carbocycles. The second-order valence-corrected chi connectivity index (χ2v) is 17.3. The van der Waals surface area contributed by atoms with Crippen LogP contribution in [0.4, 0.5) is 28.4 Å². The van der Waals surface area contributed by atoms with E-state index in [-0.39, 0.29) is 0 Å². The number of hydrogen-bond acceptors (Lipinski definition) is 2. The molecule has 2 heterocycles. The molecule has 0 N–H and O–H groups in total. The molecule has 0 amide bonds. The summed E-state index contributed by atoms with van der Waals surface area (Å²) >= 11 is 0. The highest BCUT2D eigenvalue weighted by atomic mass is 15.2. The molecule has 4 heteroatoms. The molecule has 4 nitrogen and oxygen atoms in total. The molecule has 1 aliphatic carbocycles. The number of fused-ring (bicyclic) bond motifs is 8. The van der Waals surface area contributed by atoms with Crippen molar-refractivity contribution in [2.45, 2.75) is 12.8 Å². The summed E-state index contributed by atoms with van der Waals surface area (Å²) in [4.78, 5) is 4.89. The zero-order chi connectivity index (χ0) is 43.6. The second kappa shape index (κ2) is 15.6. The largest absolute Gasteiger partial charge is 0.314 e. The molecule has 312 valence electrons. The Labute approximate surface area is 383 Å². The third kappa shape index (κ3) is 6.14. The maximum Gasteiger partial charge on any atom is 0.0541 e. The fourth-order valence-electron chi connectivity index (χ4n) is 10.6.